The molecule has 0 aliphatic heterocycles. The second kappa shape index (κ2) is 9.12. The first-order valence-electron chi connectivity index (χ1n) is 9.38. The van der Waals surface area contributed by atoms with Gasteiger partial charge in [-0.05, 0) is 37.1 Å². The summed E-state index contributed by atoms with van der Waals surface area (Å²) in [5, 5.41) is 8.88. The summed E-state index contributed by atoms with van der Waals surface area (Å²) in [6.07, 6.45) is 10.0. The third-order valence-corrected chi connectivity index (χ3v) is 4.57. The Morgan fingerprint density at radius 1 is 0.926 bits per heavy atom. The van der Waals surface area contributed by atoms with E-state index < -0.39 is 0 Å². The molecular weight excluding hydrogens is 342 g/mol. The zero-order chi connectivity index (χ0) is 19.1. The van der Waals surface area contributed by atoms with E-state index in [9.17, 15) is 9.59 Å². The molecule has 3 rings (SSSR count). The quantitative estimate of drug-likeness (QED) is 0.701. The molecule has 2 aromatic rings. The molecule has 7 nitrogen and oxygen atoms in total. The van der Waals surface area contributed by atoms with Gasteiger partial charge in [0.2, 0.25) is 11.9 Å². The molecule has 0 bridgehead atoms. The van der Waals surface area contributed by atoms with Crippen molar-refractivity contribution >= 4 is 29.1 Å². The number of hydrogen-bond acceptors (Lipinski definition) is 5. The van der Waals surface area contributed by atoms with Crippen molar-refractivity contribution < 1.29 is 9.59 Å². The van der Waals surface area contributed by atoms with E-state index in [2.05, 4.69) is 25.9 Å². The van der Waals surface area contributed by atoms with Crippen molar-refractivity contribution in [2.45, 2.75) is 51.5 Å². The van der Waals surface area contributed by atoms with Crippen molar-refractivity contribution in [2.75, 3.05) is 10.6 Å². The number of nitrogens with zero attached hydrogens (tertiary/aromatic N) is 2. The predicted molar refractivity (Wildman–Crippen MR) is 105 cm³/mol. The molecule has 7 heteroatoms. The topological polar surface area (TPSA) is 96.0 Å². The van der Waals surface area contributed by atoms with E-state index in [1.165, 1.54) is 45.0 Å². The van der Waals surface area contributed by atoms with Crippen LogP contribution in [0.25, 0.3) is 0 Å². The Kier molecular flexibility index (Phi) is 6.35. The molecule has 2 amide bonds. The average Bonchev–Trinajstić information content (AvgIpc) is 2.92. The first-order chi connectivity index (χ1) is 13.1. The lowest BCUT2D eigenvalue weighted by Gasteiger charge is -2.16. The van der Waals surface area contributed by atoms with Crippen LogP contribution in [0.4, 0.5) is 17.3 Å². The van der Waals surface area contributed by atoms with E-state index in [0.29, 0.717) is 11.5 Å². The molecule has 1 aromatic carbocycles. The minimum Gasteiger partial charge on any atom is -0.349 e. The standard InChI is InChI=1S/C20H25N5O2/c1-14(26)23-17-8-10-18(11-9-17)25-20-21-12-15(13-22-20)19(27)24-16-6-4-2-3-5-7-16/h8-13,16H,2-7H2,1H3,(H,23,26)(H,24,27)(H,21,22,25). The molecule has 3 N–H and O–H groups in total. The molecule has 0 unspecified atom stereocenters. The number of amides is 2. The first-order valence-corrected chi connectivity index (χ1v) is 9.38. The molecule has 0 saturated heterocycles. The Balaban J connectivity index is 1.56. The molecule has 27 heavy (non-hydrogen) atoms. The van der Waals surface area contributed by atoms with Gasteiger partial charge in [0.25, 0.3) is 5.91 Å². The molecule has 1 fully saturated rings. The van der Waals surface area contributed by atoms with Crippen molar-refractivity contribution in [1.82, 2.24) is 15.3 Å². The number of hydrogen-bond donors (Lipinski definition) is 3. The number of carbonyl (C=O) groups excluding carboxylic acids is 2. The third kappa shape index (κ3) is 5.77. The lowest BCUT2D eigenvalue weighted by atomic mass is 10.1. The van der Waals surface area contributed by atoms with E-state index in [1.807, 2.05) is 12.1 Å². The zero-order valence-corrected chi connectivity index (χ0v) is 15.5. The second-order valence-corrected chi connectivity index (χ2v) is 6.84. The summed E-state index contributed by atoms with van der Waals surface area (Å²) in [5.41, 5.74) is 1.98. The van der Waals surface area contributed by atoms with Crippen LogP contribution in [0.3, 0.4) is 0 Å². The van der Waals surface area contributed by atoms with Crippen molar-refractivity contribution in [3.8, 4) is 0 Å². The molecule has 1 aromatic heterocycles. The molecule has 1 aliphatic carbocycles. The van der Waals surface area contributed by atoms with Crippen LogP contribution < -0.4 is 16.0 Å². The van der Waals surface area contributed by atoms with Gasteiger partial charge in [0.05, 0.1) is 5.56 Å². The zero-order valence-electron chi connectivity index (χ0n) is 15.5. The molecule has 0 atom stereocenters. The number of nitrogens with one attached hydrogen (secondary N) is 3. The molecule has 0 radical (unpaired) electrons. The summed E-state index contributed by atoms with van der Waals surface area (Å²) in [6.45, 7) is 1.47. The highest BCUT2D eigenvalue weighted by atomic mass is 16.2. The van der Waals surface area contributed by atoms with Gasteiger partial charge in [-0.2, -0.15) is 0 Å². The van der Waals surface area contributed by atoms with Gasteiger partial charge >= 0.3 is 0 Å². The van der Waals surface area contributed by atoms with E-state index in [-0.39, 0.29) is 17.9 Å². The maximum Gasteiger partial charge on any atom is 0.254 e. The summed E-state index contributed by atoms with van der Waals surface area (Å²) >= 11 is 0. The molecule has 1 aliphatic rings. The number of rotatable bonds is 5. The van der Waals surface area contributed by atoms with Crippen molar-refractivity contribution in [2.24, 2.45) is 0 Å². The average molecular weight is 367 g/mol. The Hall–Kier alpha value is -2.96. The molecule has 142 valence electrons. The Morgan fingerprint density at radius 2 is 1.52 bits per heavy atom. The fourth-order valence-corrected chi connectivity index (χ4v) is 3.17. The maximum atomic E-state index is 12.4. The SMILES string of the molecule is CC(=O)Nc1ccc(Nc2ncc(C(=O)NC3CCCCCC3)cn2)cc1. The largest absolute Gasteiger partial charge is 0.349 e. The fraction of sp³-hybridized carbons (Fsp3) is 0.400. The van der Waals surface area contributed by atoms with Crippen LogP contribution in [-0.2, 0) is 4.79 Å². The normalized spacial score (nSPS) is 14.9. The summed E-state index contributed by atoms with van der Waals surface area (Å²) in [4.78, 5) is 31.9. The van der Waals surface area contributed by atoms with Gasteiger partial charge in [-0.15, -0.1) is 0 Å². The molecule has 0 spiro atoms. The number of carbonyl (C=O) groups is 2. The first kappa shape index (κ1) is 18.8. The van der Waals surface area contributed by atoms with Crippen molar-refractivity contribution in [1.29, 1.82) is 0 Å². The number of benzene rings is 1. The van der Waals surface area contributed by atoms with Crippen LogP contribution in [0.15, 0.2) is 36.7 Å². The van der Waals surface area contributed by atoms with Crippen LogP contribution in [0.1, 0.15) is 55.8 Å². The van der Waals surface area contributed by atoms with E-state index in [0.717, 1.165) is 24.2 Å². The van der Waals surface area contributed by atoms with Crippen LogP contribution in [0.5, 0.6) is 0 Å². The van der Waals surface area contributed by atoms with Crippen molar-refractivity contribution in [3.63, 3.8) is 0 Å². The monoisotopic (exact) mass is 367 g/mol. The van der Waals surface area contributed by atoms with Crippen molar-refractivity contribution in [3.05, 3.63) is 42.2 Å². The predicted octanol–water partition coefficient (Wildman–Crippen LogP) is 3.63. The van der Waals surface area contributed by atoms with Gasteiger partial charge in [-0.3, -0.25) is 9.59 Å². The lowest BCUT2D eigenvalue weighted by Crippen LogP contribution is -2.34. The Bertz CT molecular complexity index is 766. The van der Waals surface area contributed by atoms with Gasteiger partial charge < -0.3 is 16.0 Å². The Morgan fingerprint density at radius 3 is 2.11 bits per heavy atom. The summed E-state index contributed by atoms with van der Waals surface area (Å²) in [6, 6.07) is 7.47. The summed E-state index contributed by atoms with van der Waals surface area (Å²) in [5.74, 6) is 0.179. The third-order valence-electron chi connectivity index (χ3n) is 4.57. The summed E-state index contributed by atoms with van der Waals surface area (Å²) < 4.78 is 0. The van der Waals surface area contributed by atoms with Crippen LogP contribution >= 0.6 is 0 Å². The van der Waals surface area contributed by atoms with E-state index in [1.54, 1.807) is 12.1 Å². The minimum absolute atomic E-state index is 0.114. The van der Waals surface area contributed by atoms with Crippen LogP contribution in [-0.4, -0.2) is 27.8 Å². The fourth-order valence-electron chi connectivity index (χ4n) is 3.17. The van der Waals surface area contributed by atoms with Crippen LogP contribution in [0.2, 0.25) is 0 Å². The highest BCUT2D eigenvalue weighted by Crippen LogP contribution is 2.18. The highest BCUT2D eigenvalue weighted by molar-refractivity contribution is 5.93. The van der Waals surface area contributed by atoms with E-state index in [4.69, 9.17) is 0 Å². The molecular formula is C20H25N5O2. The van der Waals surface area contributed by atoms with E-state index >= 15 is 0 Å². The lowest BCUT2D eigenvalue weighted by molar-refractivity contribution is -0.114. The number of aromatic nitrogens is 2. The molecule has 1 saturated carbocycles. The smallest absolute Gasteiger partial charge is 0.254 e. The van der Waals surface area contributed by atoms with Gasteiger partial charge in [-0.25, -0.2) is 9.97 Å². The van der Waals surface area contributed by atoms with Gasteiger partial charge in [0, 0.05) is 36.7 Å². The highest BCUT2D eigenvalue weighted by Gasteiger charge is 2.16. The van der Waals surface area contributed by atoms with Gasteiger partial charge in [0.15, 0.2) is 0 Å². The van der Waals surface area contributed by atoms with Crippen LogP contribution in [0, 0.1) is 0 Å². The Labute approximate surface area is 159 Å². The minimum atomic E-state index is -0.117. The number of anilines is 3. The van der Waals surface area contributed by atoms with Gasteiger partial charge in [-0.1, -0.05) is 25.7 Å². The molecule has 1 heterocycles. The van der Waals surface area contributed by atoms with Gasteiger partial charge in [0.1, 0.15) is 0 Å². The second-order valence-electron chi connectivity index (χ2n) is 6.84. The maximum absolute atomic E-state index is 12.4. The summed E-state index contributed by atoms with van der Waals surface area (Å²) in [7, 11) is 0.